The van der Waals surface area contributed by atoms with Crippen LogP contribution in [0.4, 0.5) is 5.69 Å². The Balaban J connectivity index is 1.48. The van der Waals surface area contributed by atoms with Gasteiger partial charge in [-0.3, -0.25) is 14.4 Å². The van der Waals surface area contributed by atoms with Gasteiger partial charge in [0.05, 0.1) is 0 Å². The van der Waals surface area contributed by atoms with Gasteiger partial charge in [-0.25, -0.2) is 0 Å². The highest BCUT2D eigenvalue weighted by atomic mass is 16.2. The van der Waals surface area contributed by atoms with Gasteiger partial charge in [0.25, 0.3) is 0 Å². The molecule has 1 saturated heterocycles. The lowest BCUT2D eigenvalue weighted by molar-refractivity contribution is -0.132. The average Bonchev–Trinajstić information content (AvgIpc) is 3.26. The fourth-order valence-corrected chi connectivity index (χ4v) is 4.93. The lowest BCUT2D eigenvalue weighted by Crippen LogP contribution is -2.50. The third kappa shape index (κ3) is 7.83. The molecule has 7 nitrogen and oxygen atoms in total. The van der Waals surface area contributed by atoms with E-state index in [0.29, 0.717) is 25.8 Å². The van der Waals surface area contributed by atoms with Crippen molar-refractivity contribution in [3.05, 3.63) is 29.8 Å². The Bertz CT molecular complexity index is 820. The molecule has 1 aromatic rings. The van der Waals surface area contributed by atoms with E-state index in [1.807, 2.05) is 6.92 Å². The number of carbonyl (C=O) groups is 3. The summed E-state index contributed by atoms with van der Waals surface area (Å²) in [5.41, 5.74) is 2.61. The Hall–Kier alpha value is -2.41. The minimum absolute atomic E-state index is 0.00267. The Kier molecular flexibility index (Phi) is 10.4. The van der Waals surface area contributed by atoms with Gasteiger partial charge in [-0.1, -0.05) is 38.0 Å². The van der Waals surface area contributed by atoms with E-state index in [9.17, 15) is 14.4 Å². The van der Waals surface area contributed by atoms with Crippen molar-refractivity contribution in [3.63, 3.8) is 0 Å². The van der Waals surface area contributed by atoms with Crippen LogP contribution in [-0.2, 0) is 20.8 Å². The van der Waals surface area contributed by atoms with E-state index in [1.165, 1.54) is 11.3 Å². The number of hydrogen-bond donors (Lipinski definition) is 2. The number of piperidine rings is 1. The van der Waals surface area contributed by atoms with Gasteiger partial charge in [0.1, 0.15) is 11.8 Å². The molecule has 0 bridgehead atoms. The number of likely N-dealkylation sites (tertiary alicyclic amines) is 1. The molecule has 2 N–H and O–H groups in total. The predicted molar refractivity (Wildman–Crippen MR) is 136 cm³/mol. The van der Waals surface area contributed by atoms with Crippen LogP contribution >= 0.6 is 0 Å². The van der Waals surface area contributed by atoms with Crippen LogP contribution in [0.1, 0.15) is 63.9 Å². The van der Waals surface area contributed by atoms with Crippen LogP contribution in [-0.4, -0.2) is 68.3 Å². The molecule has 0 radical (unpaired) electrons. The number of anilines is 1. The number of nitrogens with zero attached hydrogens (tertiary/aromatic N) is 2. The molecule has 0 saturated carbocycles. The molecular weight excluding hydrogens is 428 g/mol. The molecule has 1 aromatic carbocycles. The number of rotatable bonds is 13. The van der Waals surface area contributed by atoms with Crippen LogP contribution in [0.2, 0.25) is 0 Å². The summed E-state index contributed by atoms with van der Waals surface area (Å²) in [4.78, 5) is 42.0. The summed E-state index contributed by atoms with van der Waals surface area (Å²) in [6, 6.07) is 7.91. The SMILES string of the molecule is CCC(=O)CCCCC[C@H](NC(=O)C1CCN(C)CC1)C(=O)NCCN1CCc2ccccc21. The van der Waals surface area contributed by atoms with Crippen molar-refractivity contribution in [1.29, 1.82) is 0 Å². The quantitative estimate of drug-likeness (QED) is 0.433. The number of para-hydroxylation sites is 1. The highest BCUT2D eigenvalue weighted by Crippen LogP contribution is 2.26. The number of hydrogen-bond acceptors (Lipinski definition) is 5. The average molecular weight is 471 g/mol. The summed E-state index contributed by atoms with van der Waals surface area (Å²) in [6.45, 7) is 6.01. The number of Topliss-reactive ketones (excluding diaryl/α,β-unsaturated/α-hetero) is 1. The summed E-state index contributed by atoms with van der Waals surface area (Å²) in [6.07, 6.45) is 7.07. The van der Waals surface area contributed by atoms with Crippen LogP contribution in [0, 0.1) is 5.92 Å². The number of nitrogens with one attached hydrogen (secondary N) is 2. The molecule has 2 aliphatic rings. The molecule has 0 unspecified atom stereocenters. The van der Waals surface area contributed by atoms with Crippen LogP contribution in [0.15, 0.2) is 24.3 Å². The first-order chi connectivity index (χ1) is 16.5. The zero-order valence-corrected chi connectivity index (χ0v) is 21.0. The topological polar surface area (TPSA) is 81.8 Å². The molecule has 2 amide bonds. The van der Waals surface area contributed by atoms with Gasteiger partial charge < -0.3 is 20.4 Å². The zero-order chi connectivity index (χ0) is 24.3. The molecule has 2 heterocycles. The first-order valence-corrected chi connectivity index (χ1v) is 13.1. The third-order valence-corrected chi connectivity index (χ3v) is 7.23. The second kappa shape index (κ2) is 13.5. The maximum absolute atomic E-state index is 13.0. The summed E-state index contributed by atoms with van der Waals surface area (Å²) in [7, 11) is 2.08. The fourth-order valence-electron chi connectivity index (χ4n) is 4.93. The molecule has 7 heteroatoms. The molecule has 0 aliphatic carbocycles. The van der Waals surface area contributed by atoms with E-state index in [1.54, 1.807) is 0 Å². The standard InChI is InChI=1S/C27H42N4O3/c1-3-23(32)10-5-4-6-11-24(29-26(33)22-13-17-30(2)18-14-22)27(34)28-16-20-31-19-15-21-9-7-8-12-25(21)31/h7-9,12,22,24H,3-6,10-11,13-20H2,1-2H3,(H,28,34)(H,29,33)/t24-/m0/s1. The maximum atomic E-state index is 13.0. The van der Waals surface area contributed by atoms with Gasteiger partial charge in [-0.05, 0) is 63.9 Å². The summed E-state index contributed by atoms with van der Waals surface area (Å²) in [5.74, 6) is 0.171. The molecule has 188 valence electrons. The number of fused-ring (bicyclic) bond motifs is 1. The van der Waals surface area contributed by atoms with E-state index in [0.717, 1.165) is 64.7 Å². The number of unbranched alkanes of at least 4 members (excludes halogenated alkanes) is 2. The first-order valence-electron chi connectivity index (χ1n) is 13.1. The summed E-state index contributed by atoms with van der Waals surface area (Å²) >= 11 is 0. The van der Waals surface area contributed by atoms with Gasteiger partial charge in [0, 0.05) is 44.1 Å². The van der Waals surface area contributed by atoms with Crippen molar-refractivity contribution in [1.82, 2.24) is 15.5 Å². The number of benzene rings is 1. The summed E-state index contributed by atoms with van der Waals surface area (Å²) in [5, 5.41) is 6.12. The second-order valence-corrected chi connectivity index (χ2v) is 9.79. The fraction of sp³-hybridized carbons (Fsp3) is 0.667. The third-order valence-electron chi connectivity index (χ3n) is 7.23. The van der Waals surface area contributed by atoms with E-state index >= 15 is 0 Å². The van der Waals surface area contributed by atoms with Gasteiger partial charge >= 0.3 is 0 Å². The van der Waals surface area contributed by atoms with Gasteiger partial charge in [-0.15, -0.1) is 0 Å². The lowest BCUT2D eigenvalue weighted by Gasteiger charge is -2.29. The largest absolute Gasteiger partial charge is 0.369 e. The van der Waals surface area contributed by atoms with Crippen LogP contribution in [0.5, 0.6) is 0 Å². The van der Waals surface area contributed by atoms with Gasteiger partial charge in [0.2, 0.25) is 11.8 Å². The normalized spacial score (nSPS) is 17.3. The molecule has 34 heavy (non-hydrogen) atoms. The van der Waals surface area contributed by atoms with Crippen molar-refractivity contribution in [2.45, 2.75) is 70.8 Å². The molecule has 3 rings (SSSR count). The summed E-state index contributed by atoms with van der Waals surface area (Å²) < 4.78 is 0. The van der Waals surface area contributed by atoms with Crippen LogP contribution in [0.3, 0.4) is 0 Å². The van der Waals surface area contributed by atoms with E-state index in [2.05, 4.69) is 51.7 Å². The van der Waals surface area contributed by atoms with Crippen LogP contribution < -0.4 is 15.5 Å². The van der Waals surface area contributed by atoms with Crippen molar-refractivity contribution >= 4 is 23.3 Å². The van der Waals surface area contributed by atoms with Crippen molar-refractivity contribution in [2.24, 2.45) is 5.92 Å². The molecule has 1 atom stereocenters. The molecule has 2 aliphatic heterocycles. The molecule has 0 spiro atoms. The highest BCUT2D eigenvalue weighted by molar-refractivity contribution is 5.88. The Labute approximate surface area is 204 Å². The monoisotopic (exact) mass is 470 g/mol. The van der Waals surface area contributed by atoms with Gasteiger partial charge in [-0.2, -0.15) is 0 Å². The van der Waals surface area contributed by atoms with E-state index in [-0.39, 0.29) is 23.5 Å². The first kappa shape index (κ1) is 26.2. The second-order valence-electron chi connectivity index (χ2n) is 9.79. The number of carbonyl (C=O) groups excluding carboxylic acids is 3. The number of amides is 2. The van der Waals surface area contributed by atoms with Crippen molar-refractivity contribution in [3.8, 4) is 0 Å². The van der Waals surface area contributed by atoms with Crippen molar-refractivity contribution in [2.75, 3.05) is 44.7 Å². The minimum Gasteiger partial charge on any atom is -0.369 e. The molecule has 1 fully saturated rings. The Morgan fingerprint density at radius 1 is 1.06 bits per heavy atom. The smallest absolute Gasteiger partial charge is 0.242 e. The maximum Gasteiger partial charge on any atom is 0.242 e. The number of ketones is 1. The van der Waals surface area contributed by atoms with Gasteiger partial charge in [0.15, 0.2) is 0 Å². The zero-order valence-electron chi connectivity index (χ0n) is 21.0. The van der Waals surface area contributed by atoms with E-state index < -0.39 is 6.04 Å². The predicted octanol–water partition coefficient (Wildman–Crippen LogP) is 2.92. The Morgan fingerprint density at radius 3 is 2.59 bits per heavy atom. The van der Waals surface area contributed by atoms with Crippen molar-refractivity contribution < 1.29 is 14.4 Å². The van der Waals surface area contributed by atoms with E-state index in [4.69, 9.17) is 0 Å². The van der Waals surface area contributed by atoms with Crippen LogP contribution in [0.25, 0.3) is 0 Å². The Morgan fingerprint density at radius 2 is 1.82 bits per heavy atom. The molecular formula is C27H42N4O3. The molecule has 0 aromatic heterocycles. The minimum atomic E-state index is -0.514. The lowest BCUT2D eigenvalue weighted by atomic mass is 9.95. The highest BCUT2D eigenvalue weighted by Gasteiger charge is 2.28.